The van der Waals surface area contributed by atoms with Gasteiger partial charge in [0.25, 0.3) is 0 Å². The molecule has 0 bridgehead atoms. The summed E-state index contributed by atoms with van der Waals surface area (Å²) >= 11 is 0. The Morgan fingerprint density at radius 3 is 2.43 bits per heavy atom. The molecule has 0 amide bonds. The summed E-state index contributed by atoms with van der Waals surface area (Å²) in [4.78, 5) is 0.296. The lowest BCUT2D eigenvalue weighted by molar-refractivity contribution is 0.178. The molecule has 1 aromatic carbocycles. The van der Waals surface area contributed by atoms with Crippen molar-refractivity contribution in [3.05, 3.63) is 24.3 Å². The summed E-state index contributed by atoms with van der Waals surface area (Å²) in [7, 11) is -3.52. The molecule has 1 fully saturated rings. The molecule has 2 rings (SSSR count). The lowest BCUT2D eigenvalue weighted by atomic mass is 9.93. The topological polar surface area (TPSA) is 69.6 Å². The molecular formula is C15H24N2O3S. The monoisotopic (exact) mass is 312 g/mol. The van der Waals surface area contributed by atoms with E-state index in [0.29, 0.717) is 4.90 Å². The van der Waals surface area contributed by atoms with Crippen LogP contribution in [0.4, 0.5) is 5.69 Å². The minimum atomic E-state index is -3.52. The molecule has 0 spiro atoms. The Labute approximate surface area is 127 Å². The predicted octanol–water partition coefficient (Wildman–Crippen LogP) is 2.04. The standard InChI is InChI=1S/C15H24N2O3S/c1-2-10-16-13-6-8-15(9-7-13)21(19,20)17(11-12-18)14-4-3-5-14/h6-9,14,16,18H,2-5,10-12H2,1H3. The fourth-order valence-corrected chi connectivity index (χ4v) is 4.10. The van der Waals surface area contributed by atoms with Gasteiger partial charge in [0, 0.05) is 24.8 Å². The number of hydrogen-bond donors (Lipinski definition) is 2. The van der Waals surface area contributed by atoms with Crippen molar-refractivity contribution >= 4 is 15.7 Å². The zero-order chi connectivity index (χ0) is 15.3. The minimum absolute atomic E-state index is 0.0417. The molecule has 1 aliphatic carbocycles. The van der Waals surface area contributed by atoms with Crippen molar-refractivity contribution < 1.29 is 13.5 Å². The van der Waals surface area contributed by atoms with Crippen LogP contribution in [0.5, 0.6) is 0 Å². The average Bonchev–Trinajstić information content (AvgIpc) is 2.43. The SMILES string of the molecule is CCCNc1ccc(S(=O)(=O)N(CCO)C2CCC2)cc1. The smallest absolute Gasteiger partial charge is 0.243 e. The largest absolute Gasteiger partial charge is 0.395 e. The van der Waals surface area contributed by atoms with E-state index in [4.69, 9.17) is 5.11 Å². The highest BCUT2D eigenvalue weighted by molar-refractivity contribution is 7.89. The third-order valence-electron chi connectivity index (χ3n) is 3.84. The molecular weight excluding hydrogens is 288 g/mol. The van der Waals surface area contributed by atoms with Crippen LogP contribution < -0.4 is 5.32 Å². The van der Waals surface area contributed by atoms with Gasteiger partial charge in [0.15, 0.2) is 0 Å². The van der Waals surface area contributed by atoms with Gasteiger partial charge in [-0.15, -0.1) is 0 Å². The molecule has 0 heterocycles. The lowest BCUT2D eigenvalue weighted by Gasteiger charge is -2.36. The van der Waals surface area contributed by atoms with Gasteiger partial charge in [-0.3, -0.25) is 0 Å². The van der Waals surface area contributed by atoms with E-state index in [-0.39, 0.29) is 19.2 Å². The van der Waals surface area contributed by atoms with Crippen molar-refractivity contribution in [3.8, 4) is 0 Å². The normalized spacial score (nSPS) is 16.0. The Kier molecular flexibility index (Phi) is 5.61. The highest BCUT2D eigenvalue weighted by atomic mass is 32.2. The van der Waals surface area contributed by atoms with Gasteiger partial charge in [0.2, 0.25) is 10.0 Å². The highest BCUT2D eigenvalue weighted by Crippen LogP contribution is 2.30. The second-order valence-electron chi connectivity index (χ2n) is 5.38. The molecule has 5 nitrogen and oxygen atoms in total. The van der Waals surface area contributed by atoms with E-state index in [1.807, 2.05) is 0 Å². The average molecular weight is 312 g/mol. The molecule has 1 aromatic rings. The molecule has 0 atom stereocenters. The summed E-state index contributed by atoms with van der Waals surface area (Å²) in [6.07, 6.45) is 3.85. The first kappa shape index (κ1) is 16.3. The highest BCUT2D eigenvalue weighted by Gasteiger charge is 2.34. The molecule has 1 saturated carbocycles. The number of aliphatic hydroxyl groups excluding tert-OH is 1. The van der Waals surface area contributed by atoms with E-state index in [9.17, 15) is 8.42 Å². The van der Waals surface area contributed by atoms with Crippen molar-refractivity contribution in [1.29, 1.82) is 0 Å². The number of benzene rings is 1. The Bertz CT molecular complexity index is 539. The van der Waals surface area contributed by atoms with Crippen LogP contribution in [0.15, 0.2) is 29.2 Å². The van der Waals surface area contributed by atoms with Crippen LogP contribution in [-0.4, -0.2) is 43.6 Å². The summed E-state index contributed by atoms with van der Waals surface area (Å²) in [5.41, 5.74) is 0.924. The first-order valence-corrected chi connectivity index (χ1v) is 9.00. The van der Waals surface area contributed by atoms with Crippen LogP contribution in [0, 0.1) is 0 Å². The van der Waals surface area contributed by atoms with Crippen LogP contribution in [0.25, 0.3) is 0 Å². The van der Waals surface area contributed by atoms with Gasteiger partial charge in [-0.2, -0.15) is 4.31 Å². The van der Waals surface area contributed by atoms with Gasteiger partial charge in [-0.05, 0) is 43.5 Å². The van der Waals surface area contributed by atoms with E-state index < -0.39 is 10.0 Å². The number of nitrogens with zero attached hydrogens (tertiary/aromatic N) is 1. The van der Waals surface area contributed by atoms with Crippen LogP contribution in [0.2, 0.25) is 0 Å². The van der Waals surface area contributed by atoms with Crippen LogP contribution in [-0.2, 0) is 10.0 Å². The molecule has 0 saturated heterocycles. The molecule has 21 heavy (non-hydrogen) atoms. The summed E-state index contributed by atoms with van der Waals surface area (Å²) in [6, 6.07) is 6.90. The second-order valence-corrected chi connectivity index (χ2v) is 7.27. The summed E-state index contributed by atoms with van der Waals surface area (Å²) in [5.74, 6) is 0. The van der Waals surface area contributed by atoms with Crippen LogP contribution >= 0.6 is 0 Å². The third kappa shape index (κ3) is 3.75. The number of aliphatic hydroxyl groups is 1. The Morgan fingerprint density at radius 1 is 1.29 bits per heavy atom. The van der Waals surface area contributed by atoms with E-state index in [2.05, 4.69) is 12.2 Å². The van der Waals surface area contributed by atoms with E-state index in [1.165, 1.54) is 4.31 Å². The molecule has 2 N–H and O–H groups in total. The van der Waals surface area contributed by atoms with Crippen LogP contribution in [0.3, 0.4) is 0 Å². The number of sulfonamides is 1. The van der Waals surface area contributed by atoms with Gasteiger partial charge in [-0.1, -0.05) is 13.3 Å². The molecule has 0 aromatic heterocycles. The molecule has 1 aliphatic rings. The van der Waals surface area contributed by atoms with Gasteiger partial charge in [-0.25, -0.2) is 8.42 Å². The van der Waals surface area contributed by atoms with Gasteiger partial charge in [0.1, 0.15) is 0 Å². The zero-order valence-corrected chi connectivity index (χ0v) is 13.3. The molecule has 118 valence electrons. The van der Waals surface area contributed by atoms with Crippen molar-refractivity contribution in [2.45, 2.75) is 43.5 Å². The van der Waals surface area contributed by atoms with Gasteiger partial charge in [0.05, 0.1) is 11.5 Å². The summed E-state index contributed by atoms with van der Waals surface area (Å²) in [6.45, 7) is 2.97. The second kappa shape index (κ2) is 7.24. The zero-order valence-electron chi connectivity index (χ0n) is 12.5. The molecule has 6 heteroatoms. The summed E-state index contributed by atoms with van der Waals surface area (Å²) < 4.78 is 26.8. The first-order valence-electron chi connectivity index (χ1n) is 7.56. The van der Waals surface area contributed by atoms with Gasteiger partial charge < -0.3 is 10.4 Å². The predicted molar refractivity (Wildman–Crippen MR) is 83.8 cm³/mol. The number of anilines is 1. The fourth-order valence-electron chi connectivity index (χ4n) is 2.42. The number of nitrogens with one attached hydrogen (secondary N) is 1. The third-order valence-corrected chi connectivity index (χ3v) is 5.81. The van der Waals surface area contributed by atoms with Gasteiger partial charge >= 0.3 is 0 Å². The van der Waals surface area contributed by atoms with Crippen molar-refractivity contribution in [2.75, 3.05) is 25.0 Å². The molecule has 0 unspecified atom stereocenters. The Hall–Kier alpha value is -1.11. The Morgan fingerprint density at radius 2 is 1.95 bits per heavy atom. The lowest BCUT2D eigenvalue weighted by Crippen LogP contribution is -2.45. The summed E-state index contributed by atoms with van der Waals surface area (Å²) in [5, 5.41) is 12.4. The van der Waals surface area contributed by atoms with Crippen molar-refractivity contribution in [2.24, 2.45) is 0 Å². The van der Waals surface area contributed by atoms with E-state index in [0.717, 1.165) is 37.9 Å². The van der Waals surface area contributed by atoms with Crippen molar-refractivity contribution in [1.82, 2.24) is 4.31 Å². The number of hydrogen-bond acceptors (Lipinski definition) is 4. The maximum atomic E-state index is 12.7. The van der Waals surface area contributed by atoms with Crippen LogP contribution in [0.1, 0.15) is 32.6 Å². The quantitative estimate of drug-likeness (QED) is 0.771. The Balaban J connectivity index is 2.16. The number of rotatable bonds is 8. The molecule has 0 aliphatic heterocycles. The maximum absolute atomic E-state index is 12.7. The minimum Gasteiger partial charge on any atom is -0.395 e. The first-order chi connectivity index (χ1) is 10.1. The fraction of sp³-hybridized carbons (Fsp3) is 0.600. The maximum Gasteiger partial charge on any atom is 0.243 e. The van der Waals surface area contributed by atoms with E-state index >= 15 is 0 Å². The van der Waals surface area contributed by atoms with E-state index in [1.54, 1.807) is 24.3 Å². The van der Waals surface area contributed by atoms with Crippen molar-refractivity contribution in [3.63, 3.8) is 0 Å². The molecule has 0 radical (unpaired) electrons.